The SMILES string of the molecule is NOCC1(c2ccc(Br)c([N+](=O)[O-])c2)CC1. The third-order valence-electron chi connectivity index (χ3n) is 2.97. The van der Waals surface area contributed by atoms with E-state index in [0.717, 1.165) is 18.4 Å². The number of nitro benzene ring substituents is 1. The third kappa shape index (κ3) is 1.95. The molecule has 1 aromatic carbocycles. The van der Waals surface area contributed by atoms with Crippen LogP contribution in [0.25, 0.3) is 0 Å². The van der Waals surface area contributed by atoms with Gasteiger partial charge >= 0.3 is 0 Å². The van der Waals surface area contributed by atoms with Gasteiger partial charge in [0.1, 0.15) is 0 Å². The summed E-state index contributed by atoms with van der Waals surface area (Å²) in [6, 6.07) is 5.17. The number of nitro groups is 1. The van der Waals surface area contributed by atoms with Crippen LogP contribution in [0.15, 0.2) is 22.7 Å². The van der Waals surface area contributed by atoms with Gasteiger partial charge in [-0.05, 0) is 40.4 Å². The zero-order valence-corrected chi connectivity index (χ0v) is 10.1. The largest absolute Gasteiger partial charge is 0.304 e. The second-order valence-corrected chi connectivity index (χ2v) is 4.87. The number of hydrogen-bond donors (Lipinski definition) is 1. The van der Waals surface area contributed by atoms with E-state index in [1.165, 1.54) is 0 Å². The van der Waals surface area contributed by atoms with Gasteiger partial charge in [-0.25, -0.2) is 5.90 Å². The number of halogens is 1. The van der Waals surface area contributed by atoms with E-state index in [2.05, 4.69) is 20.8 Å². The molecule has 0 bridgehead atoms. The fourth-order valence-electron chi connectivity index (χ4n) is 1.81. The minimum Gasteiger partial charge on any atom is -0.304 e. The number of rotatable bonds is 4. The molecule has 0 saturated heterocycles. The van der Waals surface area contributed by atoms with Crippen molar-refractivity contribution in [2.75, 3.05) is 6.61 Å². The van der Waals surface area contributed by atoms with Crippen molar-refractivity contribution >= 4 is 21.6 Å². The summed E-state index contributed by atoms with van der Waals surface area (Å²) in [5, 5.41) is 10.8. The normalized spacial score (nSPS) is 17.1. The minimum atomic E-state index is -0.396. The lowest BCUT2D eigenvalue weighted by Gasteiger charge is -2.13. The Balaban J connectivity index is 2.36. The van der Waals surface area contributed by atoms with E-state index in [-0.39, 0.29) is 11.1 Å². The smallest absolute Gasteiger partial charge is 0.283 e. The molecule has 1 aliphatic carbocycles. The summed E-state index contributed by atoms with van der Waals surface area (Å²) in [5.41, 5.74) is 0.897. The lowest BCUT2D eigenvalue weighted by Crippen LogP contribution is -2.18. The van der Waals surface area contributed by atoms with Gasteiger partial charge in [-0.2, -0.15) is 0 Å². The van der Waals surface area contributed by atoms with E-state index >= 15 is 0 Å². The Bertz CT molecular complexity index is 432. The molecule has 1 aromatic rings. The first-order valence-corrected chi connectivity index (χ1v) is 5.64. The van der Waals surface area contributed by atoms with Gasteiger partial charge in [0.05, 0.1) is 16.0 Å². The highest BCUT2D eigenvalue weighted by Crippen LogP contribution is 2.49. The first kappa shape index (κ1) is 11.5. The van der Waals surface area contributed by atoms with E-state index < -0.39 is 4.92 Å². The molecule has 0 heterocycles. The molecule has 0 unspecified atom stereocenters. The van der Waals surface area contributed by atoms with Gasteiger partial charge in [0.15, 0.2) is 0 Å². The first-order chi connectivity index (χ1) is 7.59. The summed E-state index contributed by atoms with van der Waals surface area (Å²) in [4.78, 5) is 15.1. The fraction of sp³-hybridized carbons (Fsp3) is 0.400. The molecule has 16 heavy (non-hydrogen) atoms. The van der Waals surface area contributed by atoms with Gasteiger partial charge in [-0.3, -0.25) is 10.1 Å². The number of benzene rings is 1. The van der Waals surface area contributed by atoms with Gasteiger partial charge in [-0.1, -0.05) is 6.07 Å². The highest BCUT2D eigenvalue weighted by molar-refractivity contribution is 9.10. The van der Waals surface area contributed by atoms with Crippen molar-refractivity contribution < 1.29 is 9.76 Å². The topological polar surface area (TPSA) is 78.4 Å². The molecule has 6 heteroatoms. The van der Waals surface area contributed by atoms with Crippen molar-refractivity contribution in [3.05, 3.63) is 38.3 Å². The van der Waals surface area contributed by atoms with Crippen LogP contribution in [0.1, 0.15) is 18.4 Å². The van der Waals surface area contributed by atoms with E-state index in [4.69, 9.17) is 5.90 Å². The highest BCUT2D eigenvalue weighted by Gasteiger charge is 2.45. The van der Waals surface area contributed by atoms with Crippen LogP contribution in [0, 0.1) is 10.1 Å². The standard InChI is InChI=1S/C10H11BrN2O3/c11-8-2-1-7(5-9(8)13(14)15)10(3-4-10)6-16-12/h1-2,5H,3-4,6,12H2. The Labute approximate surface area is 101 Å². The molecule has 0 aliphatic heterocycles. The Morgan fingerprint density at radius 1 is 1.56 bits per heavy atom. The average molecular weight is 287 g/mol. The quantitative estimate of drug-likeness (QED) is 0.680. The van der Waals surface area contributed by atoms with Crippen LogP contribution >= 0.6 is 15.9 Å². The van der Waals surface area contributed by atoms with Gasteiger partial charge in [-0.15, -0.1) is 0 Å². The Morgan fingerprint density at radius 2 is 2.25 bits per heavy atom. The van der Waals surface area contributed by atoms with Crippen molar-refractivity contribution in [1.82, 2.24) is 0 Å². The van der Waals surface area contributed by atoms with Crippen LogP contribution in [0.5, 0.6) is 0 Å². The number of hydrogen-bond acceptors (Lipinski definition) is 4. The first-order valence-electron chi connectivity index (χ1n) is 4.85. The molecule has 2 rings (SSSR count). The number of nitrogens with zero attached hydrogens (tertiary/aromatic N) is 1. The zero-order valence-electron chi connectivity index (χ0n) is 8.48. The summed E-state index contributed by atoms with van der Waals surface area (Å²) < 4.78 is 0.491. The molecule has 5 nitrogen and oxygen atoms in total. The molecular formula is C10H11BrN2O3. The lowest BCUT2D eigenvalue weighted by molar-refractivity contribution is -0.385. The average Bonchev–Trinajstić information content (AvgIpc) is 2.99. The predicted molar refractivity (Wildman–Crippen MR) is 61.8 cm³/mol. The zero-order chi connectivity index (χ0) is 11.8. The van der Waals surface area contributed by atoms with Gasteiger partial charge in [0.25, 0.3) is 5.69 Å². The van der Waals surface area contributed by atoms with E-state index in [1.807, 2.05) is 6.07 Å². The molecule has 0 amide bonds. The van der Waals surface area contributed by atoms with Crippen molar-refractivity contribution in [3.8, 4) is 0 Å². The number of nitrogens with two attached hydrogens (primary N) is 1. The van der Waals surface area contributed by atoms with Crippen molar-refractivity contribution in [3.63, 3.8) is 0 Å². The molecular weight excluding hydrogens is 276 g/mol. The predicted octanol–water partition coefficient (Wildman–Crippen LogP) is 2.28. The minimum absolute atomic E-state index is 0.0841. The Morgan fingerprint density at radius 3 is 2.75 bits per heavy atom. The molecule has 86 valence electrons. The third-order valence-corrected chi connectivity index (χ3v) is 3.64. The van der Waals surface area contributed by atoms with E-state index in [9.17, 15) is 10.1 Å². The van der Waals surface area contributed by atoms with Gasteiger partial charge in [0.2, 0.25) is 0 Å². The molecule has 2 N–H and O–H groups in total. The van der Waals surface area contributed by atoms with Crippen LogP contribution in [0.3, 0.4) is 0 Å². The summed E-state index contributed by atoms with van der Waals surface area (Å²) in [6.07, 6.45) is 1.92. The van der Waals surface area contributed by atoms with Crippen molar-refractivity contribution in [2.24, 2.45) is 5.90 Å². The van der Waals surface area contributed by atoms with Crippen LogP contribution in [0.4, 0.5) is 5.69 Å². The maximum atomic E-state index is 10.8. The molecule has 0 radical (unpaired) electrons. The summed E-state index contributed by atoms with van der Waals surface area (Å²) in [6.45, 7) is 0.409. The van der Waals surface area contributed by atoms with E-state index in [1.54, 1.807) is 12.1 Å². The Kier molecular flexibility index (Phi) is 2.96. The molecule has 1 fully saturated rings. The second kappa shape index (κ2) is 4.12. The summed E-state index contributed by atoms with van der Waals surface area (Å²) >= 11 is 3.16. The molecule has 0 atom stereocenters. The molecule has 0 spiro atoms. The summed E-state index contributed by atoms with van der Waals surface area (Å²) in [5.74, 6) is 5.08. The Hall–Kier alpha value is -0.980. The van der Waals surface area contributed by atoms with Gasteiger partial charge in [0, 0.05) is 11.5 Å². The monoisotopic (exact) mass is 286 g/mol. The van der Waals surface area contributed by atoms with Crippen LogP contribution in [-0.2, 0) is 10.3 Å². The van der Waals surface area contributed by atoms with E-state index in [0.29, 0.717) is 11.1 Å². The van der Waals surface area contributed by atoms with Crippen molar-refractivity contribution in [2.45, 2.75) is 18.3 Å². The van der Waals surface area contributed by atoms with Gasteiger partial charge < -0.3 is 4.84 Å². The van der Waals surface area contributed by atoms with Crippen LogP contribution < -0.4 is 5.90 Å². The molecule has 0 aromatic heterocycles. The van der Waals surface area contributed by atoms with Crippen LogP contribution in [-0.4, -0.2) is 11.5 Å². The lowest BCUT2D eigenvalue weighted by atomic mass is 9.96. The second-order valence-electron chi connectivity index (χ2n) is 4.01. The molecule has 1 saturated carbocycles. The fourth-order valence-corrected chi connectivity index (χ4v) is 2.20. The van der Waals surface area contributed by atoms with Crippen molar-refractivity contribution in [1.29, 1.82) is 0 Å². The maximum absolute atomic E-state index is 10.8. The maximum Gasteiger partial charge on any atom is 0.283 e. The summed E-state index contributed by atoms with van der Waals surface area (Å²) in [7, 11) is 0. The molecule has 1 aliphatic rings. The van der Waals surface area contributed by atoms with Crippen LogP contribution in [0.2, 0.25) is 0 Å². The highest BCUT2D eigenvalue weighted by atomic mass is 79.9.